The third-order valence-corrected chi connectivity index (χ3v) is 6.16. The van der Waals surface area contributed by atoms with E-state index in [1.54, 1.807) is 0 Å². The van der Waals surface area contributed by atoms with Crippen molar-refractivity contribution in [2.75, 3.05) is 0 Å². The zero-order valence-electron chi connectivity index (χ0n) is 19.1. The minimum absolute atomic E-state index is 0.0338. The normalized spacial score (nSPS) is 12.6. The Morgan fingerprint density at radius 1 is 0.556 bits per heavy atom. The van der Waals surface area contributed by atoms with Crippen molar-refractivity contribution in [1.82, 2.24) is 0 Å². The quantitative estimate of drug-likeness (QED) is 0.200. The number of primary amides is 1. The summed E-state index contributed by atoms with van der Waals surface area (Å²) in [6.45, 7) is 6.78. The number of hydrogen-bond donors (Lipinski definition) is 1. The summed E-state index contributed by atoms with van der Waals surface area (Å²) in [7, 11) is 0. The summed E-state index contributed by atoms with van der Waals surface area (Å²) in [5.41, 5.74) is 5.85. The van der Waals surface area contributed by atoms with E-state index in [4.69, 9.17) is 5.73 Å². The van der Waals surface area contributed by atoms with Crippen LogP contribution in [0.1, 0.15) is 143 Å². The van der Waals surface area contributed by atoms with E-state index in [9.17, 15) is 4.79 Å². The van der Waals surface area contributed by atoms with Crippen LogP contribution in [-0.2, 0) is 4.79 Å². The van der Waals surface area contributed by atoms with Crippen molar-refractivity contribution in [2.45, 2.75) is 143 Å². The molecule has 1 amide bonds. The van der Waals surface area contributed by atoms with Crippen LogP contribution < -0.4 is 5.73 Å². The van der Waals surface area contributed by atoms with E-state index < -0.39 is 0 Å². The van der Waals surface area contributed by atoms with Gasteiger partial charge in [0.05, 0.1) is 0 Å². The van der Waals surface area contributed by atoms with Gasteiger partial charge in [0.25, 0.3) is 0 Å². The van der Waals surface area contributed by atoms with Crippen LogP contribution in [0.25, 0.3) is 0 Å². The second-order valence-electron chi connectivity index (χ2n) is 8.73. The summed E-state index contributed by atoms with van der Waals surface area (Å²) in [4.78, 5) is 12.2. The molecule has 0 aromatic heterocycles. The maximum atomic E-state index is 12.2. The van der Waals surface area contributed by atoms with Gasteiger partial charge in [-0.15, -0.1) is 0 Å². The fourth-order valence-electron chi connectivity index (χ4n) is 4.32. The van der Waals surface area contributed by atoms with Gasteiger partial charge in [0.1, 0.15) is 0 Å². The van der Waals surface area contributed by atoms with Gasteiger partial charge in [0.15, 0.2) is 0 Å². The summed E-state index contributed by atoms with van der Waals surface area (Å²) in [5, 5.41) is 0. The Morgan fingerprint density at radius 3 is 1.30 bits per heavy atom. The average molecular weight is 382 g/mol. The zero-order chi connectivity index (χ0) is 20.2. The van der Waals surface area contributed by atoms with Crippen LogP contribution in [0.4, 0.5) is 0 Å². The van der Waals surface area contributed by atoms with Crippen molar-refractivity contribution in [1.29, 1.82) is 0 Å². The number of carbonyl (C=O) groups excluding carboxylic acids is 1. The smallest absolute Gasteiger partial charge is 0.220 e. The molecule has 0 aromatic rings. The lowest BCUT2D eigenvalue weighted by Crippen LogP contribution is -2.30. The first-order valence-corrected chi connectivity index (χ1v) is 12.5. The Bertz CT molecular complexity index is 299. The summed E-state index contributed by atoms with van der Waals surface area (Å²) < 4.78 is 0. The second kappa shape index (κ2) is 20.2. The molecule has 0 spiro atoms. The lowest BCUT2D eigenvalue weighted by Gasteiger charge is -2.25. The first-order chi connectivity index (χ1) is 13.2. The molecule has 0 fully saturated rings. The fourth-order valence-corrected chi connectivity index (χ4v) is 4.32. The molecule has 0 aliphatic rings. The largest absolute Gasteiger partial charge is 0.369 e. The summed E-state index contributed by atoms with van der Waals surface area (Å²) in [6, 6.07) is 0. The van der Waals surface area contributed by atoms with Crippen molar-refractivity contribution < 1.29 is 4.79 Å². The van der Waals surface area contributed by atoms with Gasteiger partial charge >= 0.3 is 0 Å². The molecule has 2 heteroatoms. The van der Waals surface area contributed by atoms with Crippen molar-refractivity contribution >= 4 is 5.91 Å². The molecule has 0 saturated carbocycles. The van der Waals surface area contributed by atoms with E-state index in [1.165, 1.54) is 116 Å². The van der Waals surface area contributed by atoms with E-state index in [2.05, 4.69) is 20.8 Å². The summed E-state index contributed by atoms with van der Waals surface area (Å²) in [5.74, 6) is 0.614. The molecule has 0 aliphatic carbocycles. The third kappa shape index (κ3) is 16.2. The standard InChI is InChI=1S/C25H51NO/c1-4-7-10-13-15-17-20-23(21-18-16-14-11-8-5-2)24(25(26)27)22-19-12-9-6-3/h23-24H,4-22H2,1-3H3,(H2,26,27). The van der Waals surface area contributed by atoms with Gasteiger partial charge < -0.3 is 5.73 Å². The summed E-state index contributed by atoms with van der Waals surface area (Å²) in [6.07, 6.45) is 24.4. The maximum absolute atomic E-state index is 12.2. The predicted octanol–water partition coefficient (Wildman–Crippen LogP) is 8.18. The van der Waals surface area contributed by atoms with E-state index in [0.29, 0.717) is 5.92 Å². The Morgan fingerprint density at radius 2 is 0.889 bits per heavy atom. The Balaban J connectivity index is 4.39. The first-order valence-electron chi connectivity index (χ1n) is 12.5. The molecule has 0 radical (unpaired) electrons. The Labute approximate surface area is 171 Å². The van der Waals surface area contributed by atoms with Crippen molar-refractivity contribution in [3.05, 3.63) is 0 Å². The van der Waals surface area contributed by atoms with Gasteiger partial charge in [-0.05, 0) is 25.2 Å². The maximum Gasteiger partial charge on any atom is 0.220 e. The number of unbranched alkanes of at least 4 members (excludes halogenated alkanes) is 13. The molecule has 27 heavy (non-hydrogen) atoms. The molecule has 0 rings (SSSR count). The minimum atomic E-state index is -0.0338. The van der Waals surface area contributed by atoms with E-state index in [-0.39, 0.29) is 11.8 Å². The molecule has 1 unspecified atom stereocenters. The van der Waals surface area contributed by atoms with Crippen molar-refractivity contribution in [3.8, 4) is 0 Å². The Hall–Kier alpha value is -0.530. The molecule has 2 nitrogen and oxygen atoms in total. The third-order valence-electron chi connectivity index (χ3n) is 6.16. The second-order valence-corrected chi connectivity index (χ2v) is 8.73. The SMILES string of the molecule is CCCCCCCCC(CCCCCCCC)C(CCCCCC)C(N)=O. The molecule has 0 heterocycles. The van der Waals surface area contributed by atoms with Crippen LogP contribution in [-0.4, -0.2) is 5.91 Å². The van der Waals surface area contributed by atoms with Crippen LogP contribution in [0.2, 0.25) is 0 Å². The van der Waals surface area contributed by atoms with E-state index in [0.717, 1.165) is 6.42 Å². The molecule has 0 bridgehead atoms. The zero-order valence-corrected chi connectivity index (χ0v) is 19.1. The van der Waals surface area contributed by atoms with Gasteiger partial charge in [-0.3, -0.25) is 4.79 Å². The van der Waals surface area contributed by atoms with Crippen molar-refractivity contribution in [3.63, 3.8) is 0 Å². The van der Waals surface area contributed by atoms with Crippen LogP contribution in [0.3, 0.4) is 0 Å². The number of rotatable bonds is 21. The van der Waals surface area contributed by atoms with Gasteiger partial charge in [-0.2, -0.15) is 0 Å². The monoisotopic (exact) mass is 381 g/mol. The van der Waals surface area contributed by atoms with Crippen LogP contribution in [0.5, 0.6) is 0 Å². The molecular weight excluding hydrogens is 330 g/mol. The highest BCUT2D eigenvalue weighted by molar-refractivity contribution is 5.76. The summed E-state index contributed by atoms with van der Waals surface area (Å²) >= 11 is 0. The highest BCUT2D eigenvalue weighted by Gasteiger charge is 2.25. The Kier molecular flexibility index (Phi) is 19.8. The molecule has 162 valence electrons. The lowest BCUT2D eigenvalue weighted by atomic mass is 9.80. The van der Waals surface area contributed by atoms with Crippen LogP contribution in [0, 0.1) is 11.8 Å². The number of amides is 1. The van der Waals surface area contributed by atoms with Crippen molar-refractivity contribution in [2.24, 2.45) is 17.6 Å². The molecule has 0 aromatic carbocycles. The molecule has 1 atom stereocenters. The van der Waals surface area contributed by atoms with Crippen LogP contribution >= 0.6 is 0 Å². The number of carbonyl (C=O) groups is 1. The molecule has 0 aliphatic heterocycles. The number of nitrogens with two attached hydrogens (primary N) is 1. The molecule has 0 saturated heterocycles. The van der Waals surface area contributed by atoms with Crippen LogP contribution in [0.15, 0.2) is 0 Å². The fraction of sp³-hybridized carbons (Fsp3) is 0.960. The van der Waals surface area contributed by atoms with Gasteiger partial charge in [0, 0.05) is 5.92 Å². The molecule has 2 N–H and O–H groups in total. The van der Waals surface area contributed by atoms with E-state index in [1.807, 2.05) is 0 Å². The minimum Gasteiger partial charge on any atom is -0.369 e. The van der Waals surface area contributed by atoms with Gasteiger partial charge in [-0.25, -0.2) is 0 Å². The average Bonchev–Trinajstić information content (AvgIpc) is 2.65. The highest BCUT2D eigenvalue weighted by Crippen LogP contribution is 2.29. The first kappa shape index (κ1) is 26.5. The topological polar surface area (TPSA) is 43.1 Å². The highest BCUT2D eigenvalue weighted by atomic mass is 16.1. The predicted molar refractivity (Wildman–Crippen MR) is 121 cm³/mol. The van der Waals surface area contributed by atoms with Gasteiger partial charge in [0.2, 0.25) is 5.91 Å². The number of hydrogen-bond acceptors (Lipinski definition) is 1. The molecular formula is C25H51NO. The lowest BCUT2D eigenvalue weighted by molar-refractivity contribution is -0.124. The van der Waals surface area contributed by atoms with E-state index >= 15 is 0 Å². The van der Waals surface area contributed by atoms with Gasteiger partial charge in [-0.1, -0.05) is 124 Å².